The quantitative estimate of drug-likeness (QED) is 0.109. The molecule has 3 amide bonds. The average molecular weight is 618 g/mol. The molecule has 44 heavy (non-hydrogen) atoms. The number of carbonyl (C=O) groups excluding carboxylic acids is 3. The van der Waals surface area contributed by atoms with E-state index in [4.69, 9.17) is 11.6 Å². The van der Waals surface area contributed by atoms with E-state index in [-0.39, 0.29) is 11.6 Å². The summed E-state index contributed by atoms with van der Waals surface area (Å²) in [5.41, 5.74) is 3.21. The molecule has 0 heterocycles. The largest absolute Gasteiger partial charge is 0.325 e. The van der Waals surface area contributed by atoms with Gasteiger partial charge in [0.15, 0.2) is 0 Å². The molecule has 0 spiro atoms. The molecule has 0 radical (unpaired) electrons. The molecule has 0 aromatic heterocycles. The van der Waals surface area contributed by atoms with E-state index in [2.05, 4.69) is 16.0 Å². The Labute approximate surface area is 265 Å². The van der Waals surface area contributed by atoms with Crippen LogP contribution in [0.4, 0.5) is 11.4 Å². The van der Waals surface area contributed by atoms with Crippen molar-refractivity contribution in [3.05, 3.63) is 167 Å². The number of amides is 3. The summed E-state index contributed by atoms with van der Waals surface area (Å²) in [5.74, 6) is -1.10. The molecule has 8 heteroatoms. The van der Waals surface area contributed by atoms with Gasteiger partial charge in [0.2, 0.25) is 5.91 Å². The zero-order valence-electron chi connectivity index (χ0n) is 23.4. The van der Waals surface area contributed by atoms with Gasteiger partial charge in [-0.3, -0.25) is 14.4 Å². The third-order valence-corrected chi connectivity index (χ3v) is 7.90. The Hall–Kier alpha value is -5.11. The maximum atomic E-state index is 13.5. The Morgan fingerprint density at radius 1 is 0.659 bits per heavy atom. The van der Waals surface area contributed by atoms with Crippen LogP contribution in [0.5, 0.6) is 0 Å². The first-order valence-electron chi connectivity index (χ1n) is 13.8. The summed E-state index contributed by atoms with van der Waals surface area (Å²) < 4.78 is 0. The SMILES string of the molecule is O=C(Nc1cccc(SC(C(=O)Nc2cccc(Cl)c2)c2ccccc2)c1)/C(=C/c1ccccc1)NC(=O)c1ccccc1. The van der Waals surface area contributed by atoms with E-state index in [0.29, 0.717) is 22.0 Å². The summed E-state index contributed by atoms with van der Waals surface area (Å²) in [7, 11) is 0. The monoisotopic (exact) mass is 617 g/mol. The maximum Gasteiger partial charge on any atom is 0.272 e. The molecule has 1 unspecified atom stereocenters. The number of carbonyl (C=O) groups is 3. The molecule has 1 atom stereocenters. The fraction of sp³-hybridized carbons (Fsp3) is 0.0278. The van der Waals surface area contributed by atoms with Gasteiger partial charge < -0.3 is 16.0 Å². The van der Waals surface area contributed by atoms with Crippen LogP contribution in [0.2, 0.25) is 5.02 Å². The van der Waals surface area contributed by atoms with E-state index >= 15 is 0 Å². The van der Waals surface area contributed by atoms with Crippen LogP contribution in [0, 0.1) is 0 Å². The first kappa shape index (κ1) is 30.4. The highest BCUT2D eigenvalue weighted by atomic mass is 35.5. The fourth-order valence-corrected chi connectivity index (χ4v) is 5.59. The molecule has 5 rings (SSSR count). The molecular formula is C36H28ClN3O3S. The minimum Gasteiger partial charge on any atom is -0.325 e. The summed E-state index contributed by atoms with van der Waals surface area (Å²) in [4.78, 5) is 40.7. The number of hydrogen-bond acceptors (Lipinski definition) is 4. The summed E-state index contributed by atoms with van der Waals surface area (Å²) in [6.45, 7) is 0. The lowest BCUT2D eigenvalue weighted by atomic mass is 10.1. The van der Waals surface area contributed by atoms with Crippen LogP contribution >= 0.6 is 23.4 Å². The predicted octanol–water partition coefficient (Wildman–Crippen LogP) is 8.22. The minimum atomic E-state index is -0.583. The summed E-state index contributed by atoms with van der Waals surface area (Å²) in [6, 6.07) is 41.7. The van der Waals surface area contributed by atoms with E-state index < -0.39 is 17.1 Å². The zero-order chi connectivity index (χ0) is 30.7. The molecule has 0 aliphatic carbocycles. The van der Waals surface area contributed by atoms with Gasteiger partial charge in [0.25, 0.3) is 11.8 Å². The molecule has 5 aromatic carbocycles. The van der Waals surface area contributed by atoms with Crippen LogP contribution in [0.1, 0.15) is 26.7 Å². The Bertz CT molecular complexity index is 1780. The Kier molecular flexibility index (Phi) is 10.3. The molecule has 0 fully saturated rings. The van der Waals surface area contributed by atoms with Crippen LogP contribution in [0.15, 0.2) is 150 Å². The van der Waals surface area contributed by atoms with E-state index in [9.17, 15) is 14.4 Å². The van der Waals surface area contributed by atoms with Gasteiger partial charge in [0, 0.05) is 26.9 Å². The second kappa shape index (κ2) is 14.9. The van der Waals surface area contributed by atoms with E-state index in [1.807, 2.05) is 72.8 Å². The van der Waals surface area contributed by atoms with Crippen LogP contribution < -0.4 is 16.0 Å². The molecular weight excluding hydrogens is 590 g/mol. The van der Waals surface area contributed by atoms with Crippen LogP contribution in [-0.4, -0.2) is 17.7 Å². The van der Waals surface area contributed by atoms with Crippen LogP contribution in [0.3, 0.4) is 0 Å². The van der Waals surface area contributed by atoms with Gasteiger partial charge in [-0.15, -0.1) is 11.8 Å². The van der Waals surface area contributed by atoms with Crippen molar-refractivity contribution in [2.24, 2.45) is 0 Å². The Morgan fingerprint density at radius 3 is 1.95 bits per heavy atom. The third-order valence-electron chi connectivity index (χ3n) is 6.42. The van der Waals surface area contributed by atoms with Gasteiger partial charge in [-0.25, -0.2) is 0 Å². The van der Waals surface area contributed by atoms with Gasteiger partial charge in [-0.2, -0.15) is 0 Å². The van der Waals surface area contributed by atoms with Crippen molar-refractivity contribution in [3.8, 4) is 0 Å². The number of halogens is 1. The highest BCUT2D eigenvalue weighted by Gasteiger charge is 2.23. The molecule has 0 aliphatic rings. The van der Waals surface area contributed by atoms with Crippen LogP contribution in [-0.2, 0) is 9.59 Å². The Morgan fingerprint density at radius 2 is 1.27 bits per heavy atom. The van der Waals surface area contributed by atoms with Gasteiger partial charge in [-0.1, -0.05) is 103 Å². The number of hydrogen-bond donors (Lipinski definition) is 3. The molecule has 0 bridgehead atoms. The lowest BCUT2D eigenvalue weighted by Gasteiger charge is -2.18. The molecule has 0 saturated heterocycles. The van der Waals surface area contributed by atoms with Gasteiger partial charge in [-0.05, 0) is 65.7 Å². The topological polar surface area (TPSA) is 87.3 Å². The van der Waals surface area contributed by atoms with Crippen molar-refractivity contribution in [2.75, 3.05) is 10.6 Å². The first-order chi connectivity index (χ1) is 21.4. The van der Waals surface area contributed by atoms with Crippen molar-refractivity contribution in [2.45, 2.75) is 10.1 Å². The zero-order valence-corrected chi connectivity index (χ0v) is 25.0. The van der Waals surface area contributed by atoms with Gasteiger partial charge >= 0.3 is 0 Å². The lowest BCUT2D eigenvalue weighted by molar-refractivity contribution is -0.116. The normalized spacial score (nSPS) is 11.7. The maximum absolute atomic E-state index is 13.5. The van der Waals surface area contributed by atoms with Crippen molar-refractivity contribution >= 4 is 58.5 Å². The number of rotatable bonds is 10. The standard InChI is InChI=1S/C36H28ClN3O3S/c37-28-18-10-19-29(23-28)39-36(43)33(26-14-6-2-7-15-26)44-31-21-11-20-30(24-31)38-35(42)32(22-25-12-4-1-5-13-25)40-34(41)27-16-8-3-9-17-27/h1-24,33H,(H,38,42)(H,39,43)(H,40,41)/b32-22-. The number of anilines is 2. The molecule has 218 valence electrons. The van der Waals surface area contributed by atoms with E-state index in [1.54, 1.807) is 72.8 Å². The molecule has 0 saturated carbocycles. The Balaban J connectivity index is 1.36. The highest BCUT2D eigenvalue weighted by molar-refractivity contribution is 8.00. The molecule has 0 aliphatic heterocycles. The van der Waals surface area contributed by atoms with Gasteiger partial charge in [0.1, 0.15) is 10.9 Å². The highest BCUT2D eigenvalue weighted by Crippen LogP contribution is 2.37. The number of benzene rings is 5. The summed E-state index contributed by atoms with van der Waals surface area (Å²) in [5, 5.41) is 8.55. The lowest BCUT2D eigenvalue weighted by Crippen LogP contribution is -2.30. The molecule has 6 nitrogen and oxygen atoms in total. The summed E-state index contributed by atoms with van der Waals surface area (Å²) in [6.07, 6.45) is 1.63. The first-order valence-corrected chi connectivity index (χ1v) is 15.0. The smallest absolute Gasteiger partial charge is 0.272 e. The van der Waals surface area contributed by atoms with Crippen molar-refractivity contribution in [1.29, 1.82) is 0 Å². The molecule has 3 N–H and O–H groups in total. The van der Waals surface area contributed by atoms with Crippen molar-refractivity contribution in [1.82, 2.24) is 5.32 Å². The van der Waals surface area contributed by atoms with E-state index in [1.165, 1.54) is 11.8 Å². The average Bonchev–Trinajstić information content (AvgIpc) is 3.05. The third kappa shape index (κ3) is 8.47. The number of nitrogens with one attached hydrogen (secondary N) is 3. The van der Waals surface area contributed by atoms with E-state index in [0.717, 1.165) is 16.0 Å². The number of thioether (sulfide) groups is 1. The van der Waals surface area contributed by atoms with Crippen molar-refractivity contribution < 1.29 is 14.4 Å². The second-order valence-electron chi connectivity index (χ2n) is 9.68. The fourth-order valence-electron chi connectivity index (χ4n) is 4.31. The predicted molar refractivity (Wildman–Crippen MR) is 179 cm³/mol. The molecule has 5 aromatic rings. The second-order valence-corrected chi connectivity index (χ2v) is 11.3. The minimum absolute atomic E-state index is 0.0890. The van der Waals surface area contributed by atoms with Gasteiger partial charge in [0.05, 0.1) is 0 Å². The van der Waals surface area contributed by atoms with Crippen molar-refractivity contribution in [3.63, 3.8) is 0 Å². The summed E-state index contributed by atoms with van der Waals surface area (Å²) >= 11 is 7.47. The van der Waals surface area contributed by atoms with Crippen LogP contribution in [0.25, 0.3) is 6.08 Å².